The molecule has 28 heavy (non-hydrogen) atoms. The monoisotopic (exact) mass is 379 g/mol. The summed E-state index contributed by atoms with van der Waals surface area (Å²) in [5, 5.41) is 8.98. The predicted octanol–water partition coefficient (Wildman–Crippen LogP) is 3.54. The molecule has 2 aromatic heterocycles. The van der Waals surface area contributed by atoms with Gasteiger partial charge in [-0.15, -0.1) is 0 Å². The molecule has 1 aliphatic rings. The Balaban J connectivity index is 1.63. The predicted molar refractivity (Wildman–Crippen MR) is 102 cm³/mol. The van der Waals surface area contributed by atoms with Crippen molar-refractivity contribution in [2.24, 2.45) is 0 Å². The highest BCUT2D eigenvalue weighted by molar-refractivity contribution is 5.69. The third kappa shape index (κ3) is 4.04. The van der Waals surface area contributed by atoms with E-state index in [4.69, 9.17) is 14.3 Å². The summed E-state index contributed by atoms with van der Waals surface area (Å²) >= 11 is 0. The van der Waals surface area contributed by atoms with Gasteiger partial charge in [0.15, 0.2) is 6.61 Å². The maximum absolute atomic E-state index is 11.0. The lowest BCUT2D eigenvalue weighted by Gasteiger charge is -2.24. The Morgan fingerprint density at radius 1 is 1.32 bits per heavy atom. The number of aliphatic carboxylic acids is 1. The van der Waals surface area contributed by atoms with E-state index in [-0.39, 0.29) is 12.6 Å². The molecule has 3 heterocycles. The van der Waals surface area contributed by atoms with Crippen molar-refractivity contribution in [3.05, 3.63) is 66.5 Å². The van der Waals surface area contributed by atoms with E-state index in [9.17, 15) is 4.79 Å². The van der Waals surface area contributed by atoms with E-state index in [2.05, 4.69) is 14.9 Å². The van der Waals surface area contributed by atoms with Crippen molar-refractivity contribution in [1.82, 2.24) is 14.9 Å². The maximum Gasteiger partial charge on any atom is 0.341 e. The Bertz CT molecular complexity index is 928. The van der Waals surface area contributed by atoms with Crippen molar-refractivity contribution in [2.45, 2.75) is 25.4 Å². The lowest BCUT2D eigenvalue weighted by Crippen LogP contribution is -2.23. The van der Waals surface area contributed by atoms with Crippen molar-refractivity contribution in [2.75, 3.05) is 13.2 Å². The number of carbonyl (C=O) groups is 1. The minimum Gasteiger partial charge on any atom is -0.482 e. The molecule has 3 aromatic rings. The molecule has 0 spiro atoms. The van der Waals surface area contributed by atoms with Crippen LogP contribution < -0.4 is 4.74 Å². The first-order chi connectivity index (χ1) is 13.7. The SMILES string of the molecule is O=C(O)COc1ccc(-c2cnccn2)cc1CN1CCC[C@H]1c1ccco1. The van der Waals surface area contributed by atoms with Crippen LogP contribution in [0.15, 0.2) is 59.6 Å². The molecular formula is C21H21N3O4. The Labute approximate surface area is 162 Å². The largest absolute Gasteiger partial charge is 0.482 e. The molecule has 1 aromatic carbocycles. The van der Waals surface area contributed by atoms with E-state index in [1.807, 2.05) is 24.3 Å². The van der Waals surface area contributed by atoms with Crippen LogP contribution in [0.25, 0.3) is 11.3 Å². The lowest BCUT2D eigenvalue weighted by molar-refractivity contribution is -0.139. The molecule has 0 amide bonds. The number of furan rings is 1. The number of rotatable bonds is 7. The number of likely N-dealkylation sites (tertiary alicyclic amines) is 1. The highest BCUT2D eigenvalue weighted by atomic mass is 16.5. The second-order valence-electron chi connectivity index (χ2n) is 6.74. The second-order valence-corrected chi connectivity index (χ2v) is 6.74. The van der Waals surface area contributed by atoms with Crippen molar-refractivity contribution in [1.29, 1.82) is 0 Å². The molecule has 1 aliphatic heterocycles. The minimum atomic E-state index is -1.00. The first kappa shape index (κ1) is 18.2. The smallest absolute Gasteiger partial charge is 0.341 e. The molecular weight excluding hydrogens is 358 g/mol. The first-order valence-corrected chi connectivity index (χ1v) is 9.22. The van der Waals surface area contributed by atoms with Gasteiger partial charge in [0.2, 0.25) is 0 Å². The second kappa shape index (κ2) is 8.22. The van der Waals surface area contributed by atoms with Gasteiger partial charge in [0.1, 0.15) is 11.5 Å². The van der Waals surface area contributed by atoms with Crippen LogP contribution in [0.2, 0.25) is 0 Å². The quantitative estimate of drug-likeness (QED) is 0.672. The van der Waals surface area contributed by atoms with Gasteiger partial charge in [0, 0.05) is 30.1 Å². The van der Waals surface area contributed by atoms with Crippen LogP contribution >= 0.6 is 0 Å². The standard InChI is InChI=1S/C21H21N3O4/c25-21(26)14-28-19-6-5-15(17-12-22-7-8-23-17)11-16(19)13-24-9-1-3-18(24)20-4-2-10-27-20/h2,4-8,10-12,18H,1,3,9,13-14H2,(H,25,26)/t18-/m0/s1. The number of carboxylic acid groups (broad SMARTS) is 1. The van der Waals surface area contributed by atoms with Gasteiger partial charge in [0.05, 0.1) is 24.2 Å². The zero-order valence-electron chi connectivity index (χ0n) is 15.3. The highest BCUT2D eigenvalue weighted by Crippen LogP contribution is 2.35. The molecule has 1 N–H and O–H groups in total. The van der Waals surface area contributed by atoms with Gasteiger partial charge < -0.3 is 14.3 Å². The van der Waals surface area contributed by atoms with Crippen molar-refractivity contribution in [3.63, 3.8) is 0 Å². The van der Waals surface area contributed by atoms with Crippen LogP contribution in [0.1, 0.15) is 30.2 Å². The van der Waals surface area contributed by atoms with E-state index in [0.29, 0.717) is 12.3 Å². The summed E-state index contributed by atoms with van der Waals surface area (Å²) in [6, 6.07) is 9.79. The van der Waals surface area contributed by atoms with Crippen LogP contribution in [-0.4, -0.2) is 39.1 Å². The molecule has 7 nitrogen and oxygen atoms in total. The Morgan fingerprint density at radius 3 is 3.00 bits per heavy atom. The summed E-state index contributed by atoms with van der Waals surface area (Å²) in [6.45, 7) is 1.20. The summed E-state index contributed by atoms with van der Waals surface area (Å²) in [5.41, 5.74) is 2.60. The number of hydrogen-bond acceptors (Lipinski definition) is 6. The first-order valence-electron chi connectivity index (χ1n) is 9.22. The molecule has 0 bridgehead atoms. The van der Waals surface area contributed by atoms with Gasteiger partial charge in [0.25, 0.3) is 0 Å². The van der Waals surface area contributed by atoms with E-state index >= 15 is 0 Å². The number of hydrogen-bond donors (Lipinski definition) is 1. The zero-order valence-corrected chi connectivity index (χ0v) is 15.3. The van der Waals surface area contributed by atoms with Gasteiger partial charge >= 0.3 is 5.97 Å². The molecule has 4 rings (SSSR count). The summed E-state index contributed by atoms with van der Waals surface area (Å²) < 4.78 is 11.2. The van der Waals surface area contributed by atoms with Gasteiger partial charge in [-0.1, -0.05) is 0 Å². The molecule has 0 aliphatic carbocycles. The summed E-state index contributed by atoms with van der Waals surface area (Å²) in [6.07, 6.45) is 8.80. The molecule has 0 unspecified atom stereocenters. The van der Waals surface area contributed by atoms with Crippen LogP contribution in [-0.2, 0) is 11.3 Å². The number of aromatic nitrogens is 2. The van der Waals surface area contributed by atoms with E-state index in [0.717, 1.165) is 42.0 Å². The Hall–Kier alpha value is -3.19. The third-order valence-corrected chi connectivity index (χ3v) is 4.88. The minimum absolute atomic E-state index is 0.211. The molecule has 1 atom stereocenters. The lowest BCUT2D eigenvalue weighted by atomic mass is 10.1. The fourth-order valence-electron chi connectivity index (χ4n) is 3.63. The molecule has 7 heteroatoms. The topological polar surface area (TPSA) is 88.7 Å². The average Bonchev–Trinajstić information content (AvgIpc) is 3.39. The third-order valence-electron chi connectivity index (χ3n) is 4.88. The van der Waals surface area contributed by atoms with Crippen LogP contribution in [0.5, 0.6) is 5.75 Å². The number of carboxylic acids is 1. The molecule has 144 valence electrons. The molecule has 0 saturated carbocycles. The summed E-state index contributed by atoms with van der Waals surface area (Å²) in [7, 11) is 0. The van der Waals surface area contributed by atoms with E-state index < -0.39 is 5.97 Å². The van der Waals surface area contributed by atoms with E-state index in [1.54, 1.807) is 30.9 Å². The maximum atomic E-state index is 11.0. The van der Waals surface area contributed by atoms with Gasteiger partial charge in [-0.25, -0.2) is 4.79 Å². The van der Waals surface area contributed by atoms with Crippen molar-refractivity contribution < 1.29 is 19.1 Å². The van der Waals surface area contributed by atoms with Gasteiger partial charge in [-0.05, 0) is 49.7 Å². The fourth-order valence-corrected chi connectivity index (χ4v) is 3.63. The molecule has 1 fully saturated rings. The Morgan fingerprint density at radius 2 is 2.25 bits per heavy atom. The van der Waals surface area contributed by atoms with Crippen LogP contribution in [0.3, 0.4) is 0 Å². The fraction of sp³-hybridized carbons (Fsp3) is 0.286. The number of nitrogens with zero attached hydrogens (tertiary/aromatic N) is 3. The molecule has 0 radical (unpaired) electrons. The summed E-state index contributed by atoms with van der Waals surface area (Å²) in [4.78, 5) is 21.8. The van der Waals surface area contributed by atoms with E-state index in [1.165, 1.54) is 0 Å². The number of ether oxygens (including phenoxy) is 1. The molecule has 1 saturated heterocycles. The Kier molecular flexibility index (Phi) is 5.34. The van der Waals surface area contributed by atoms with Gasteiger partial charge in [-0.2, -0.15) is 0 Å². The average molecular weight is 379 g/mol. The zero-order chi connectivity index (χ0) is 19.3. The van der Waals surface area contributed by atoms with Crippen LogP contribution in [0.4, 0.5) is 0 Å². The van der Waals surface area contributed by atoms with Crippen molar-refractivity contribution in [3.8, 4) is 17.0 Å². The summed E-state index contributed by atoms with van der Waals surface area (Å²) in [5.74, 6) is 0.523. The normalized spacial score (nSPS) is 16.9. The highest BCUT2D eigenvalue weighted by Gasteiger charge is 2.28. The van der Waals surface area contributed by atoms with Crippen molar-refractivity contribution >= 4 is 5.97 Å². The van der Waals surface area contributed by atoms with Crippen LogP contribution in [0, 0.1) is 0 Å². The van der Waals surface area contributed by atoms with Gasteiger partial charge in [-0.3, -0.25) is 14.9 Å². The number of benzene rings is 1.